The van der Waals surface area contributed by atoms with Crippen LogP contribution in [0.15, 0.2) is 66.0 Å². The highest BCUT2D eigenvalue weighted by molar-refractivity contribution is 7.92. The average Bonchev–Trinajstić information content (AvgIpc) is 3.23. The summed E-state index contributed by atoms with van der Waals surface area (Å²) in [5.74, 6) is -3.36. The number of sulfone groups is 1. The van der Waals surface area contributed by atoms with E-state index in [2.05, 4.69) is 26.3 Å². The zero-order valence-electron chi connectivity index (χ0n) is 19.3. The topological polar surface area (TPSA) is 105 Å². The van der Waals surface area contributed by atoms with Gasteiger partial charge in [0, 0.05) is 31.8 Å². The summed E-state index contributed by atoms with van der Waals surface area (Å²) < 4.78 is 51.9. The number of halogens is 2. The normalized spacial score (nSPS) is 10.5. The summed E-state index contributed by atoms with van der Waals surface area (Å²) in [5, 5.41) is 2.06. The summed E-state index contributed by atoms with van der Waals surface area (Å²) in [5.41, 5.74) is 2.29. The van der Waals surface area contributed by atoms with Gasteiger partial charge in [0.1, 0.15) is 23.2 Å². The third-order valence-corrected chi connectivity index (χ3v) is 5.94. The number of H-pyrrole nitrogens is 1. The fourth-order valence-electron chi connectivity index (χ4n) is 2.81. The molecule has 0 radical (unpaired) electrons. The van der Waals surface area contributed by atoms with Crippen LogP contribution in [0.3, 0.4) is 0 Å². The van der Waals surface area contributed by atoms with Crippen molar-refractivity contribution in [3.05, 3.63) is 83.9 Å². The van der Waals surface area contributed by atoms with Gasteiger partial charge in [-0.15, -0.1) is 0 Å². The molecule has 4 rings (SSSR count). The van der Waals surface area contributed by atoms with Crippen molar-refractivity contribution in [1.82, 2.24) is 15.0 Å². The molecule has 3 aromatic heterocycles. The number of benzene rings is 1. The minimum absolute atomic E-state index is 0. The van der Waals surface area contributed by atoms with Crippen molar-refractivity contribution in [1.29, 1.82) is 0 Å². The Hall–Kier alpha value is -3.66. The third-order valence-electron chi connectivity index (χ3n) is 4.31. The molecule has 0 fully saturated rings. The van der Waals surface area contributed by atoms with Crippen LogP contribution in [0, 0.1) is 25.5 Å². The minimum Gasteiger partial charge on any atom is -0.360 e. The van der Waals surface area contributed by atoms with E-state index >= 15 is 0 Å². The molecule has 182 valence electrons. The van der Waals surface area contributed by atoms with Crippen LogP contribution in [-0.4, -0.2) is 35.0 Å². The van der Waals surface area contributed by atoms with Crippen molar-refractivity contribution in [3.63, 3.8) is 0 Å². The molecule has 1 aromatic carbocycles. The lowest BCUT2D eigenvalue weighted by molar-refractivity contribution is -0.113. The Kier molecular flexibility index (Phi) is 9.37. The number of aryl methyl sites for hydroxylation is 2. The molecule has 0 bridgehead atoms. The Balaban J connectivity index is 0.000000471. The first-order valence-corrected chi connectivity index (χ1v) is 12.1. The van der Waals surface area contributed by atoms with Gasteiger partial charge in [-0.2, -0.15) is 0 Å². The van der Waals surface area contributed by atoms with Crippen molar-refractivity contribution in [2.75, 3.05) is 11.1 Å². The molecule has 0 saturated carbocycles. The van der Waals surface area contributed by atoms with Gasteiger partial charge in [0.2, 0.25) is 5.91 Å². The molecule has 0 unspecified atom stereocenters. The Labute approximate surface area is 198 Å². The maximum Gasteiger partial charge on any atom is 0.241 e. The molecule has 4 aromatic rings. The SMILES string of the molecule is CC.Cc1ccc(C)nc1.O=C(CS(=O)(=O)c1c[nH]c2cc(F)cc(F)c12)Nc1ccccn1.[HH]. The van der Waals surface area contributed by atoms with Crippen molar-refractivity contribution in [2.45, 2.75) is 32.6 Å². The third kappa shape index (κ3) is 7.17. The van der Waals surface area contributed by atoms with E-state index in [0.717, 1.165) is 18.0 Å². The zero-order valence-corrected chi connectivity index (χ0v) is 20.1. The van der Waals surface area contributed by atoms with E-state index in [4.69, 9.17) is 0 Å². The number of hydrogen-bond donors (Lipinski definition) is 2. The summed E-state index contributed by atoms with van der Waals surface area (Å²) >= 11 is 0. The molecule has 7 nitrogen and oxygen atoms in total. The van der Waals surface area contributed by atoms with Crippen LogP contribution in [0.1, 0.15) is 26.5 Å². The Morgan fingerprint density at radius 1 is 1.09 bits per heavy atom. The molecule has 0 aliphatic rings. The second kappa shape index (κ2) is 12.0. The number of aromatic nitrogens is 3. The van der Waals surface area contributed by atoms with E-state index in [-0.39, 0.29) is 18.1 Å². The molecule has 3 heterocycles. The van der Waals surface area contributed by atoms with E-state index in [1.54, 1.807) is 12.1 Å². The number of fused-ring (bicyclic) bond motifs is 1. The van der Waals surface area contributed by atoms with E-state index in [1.807, 2.05) is 40.0 Å². The first-order chi connectivity index (χ1) is 16.2. The standard InChI is InChI=1S/C15H11F2N3O3S.C7H9N.C2H6.H2/c16-9-5-10(17)15-11(6-9)19-7-12(15)24(22,23)8-14(21)20-13-3-1-2-4-18-13;1-6-3-4-7(2)8-5-6;1-2;/h1-7,19H,8H2,(H,18,20,21);3-5H,1-2H3;1-2H3;1H. The largest absolute Gasteiger partial charge is 0.360 e. The van der Waals surface area contributed by atoms with Gasteiger partial charge in [-0.3, -0.25) is 9.78 Å². The number of rotatable bonds is 4. The lowest BCUT2D eigenvalue weighted by Crippen LogP contribution is -2.23. The summed E-state index contributed by atoms with van der Waals surface area (Å²) in [6.45, 7) is 8.02. The van der Waals surface area contributed by atoms with Crippen molar-refractivity contribution in [2.24, 2.45) is 0 Å². The molecule has 1 amide bonds. The number of nitrogens with zero attached hydrogens (tertiary/aromatic N) is 2. The van der Waals surface area contributed by atoms with Crippen LogP contribution in [0.4, 0.5) is 14.6 Å². The quantitative estimate of drug-likeness (QED) is 0.408. The Bertz CT molecular complexity index is 1330. The van der Waals surface area contributed by atoms with Gasteiger partial charge in [-0.1, -0.05) is 26.0 Å². The molecule has 0 spiro atoms. The molecular weight excluding hydrogens is 462 g/mol. The molecule has 0 aliphatic heterocycles. The number of hydrogen-bond acceptors (Lipinski definition) is 5. The number of carbonyl (C=O) groups excluding carboxylic acids is 1. The maximum atomic E-state index is 13.9. The van der Waals surface area contributed by atoms with Gasteiger partial charge in [0.05, 0.1) is 15.8 Å². The van der Waals surface area contributed by atoms with Crippen LogP contribution in [-0.2, 0) is 14.6 Å². The monoisotopic (exact) mass is 490 g/mol. The predicted molar refractivity (Wildman–Crippen MR) is 130 cm³/mol. The zero-order chi connectivity index (χ0) is 25.3. The van der Waals surface area contributed by atoms with E-state index in [9.17, 15) is 22.0 Å². The predicted octanol–water partition coefficient (Wildman–Crippen LogP) is 5.22. The van der Waals surface area contributed by atoms with Gasteiger partial charge >= 0.3 is 0 Å². The average molecular weight is 491 g/mol. The fraction of sp³-hybridized carbons (Fsp3) is 0.208. The van der Waals surface area contributed by atoms with Crippen LogP contribution in [0.5, 0.6) is 0 Å². The highest BCUT2D eigenvalue weighted by Gasteiger charge is 2.25. The number of carbonyl (C=O) groups is 1. The first kappa shape index (κ1) is 26.6. The smallest absolute Gasteiger partial charge is 0.241 e. The highest BCUT2D eigenvalue weighted by Crippen LogP contribution is 2.27. The van der Waals surface area contributed by atoms with Crippen LogP contribution < -0.4 is 5.32 Å². The van der Waals surface area contributed by atoms with E-state index in [1.165, 1.54) is 17.8 Å². The lowest BCUT2D eigenvalue weighted by Gasteiger charge is -2.05. The van der Waals surface area contributed by atoms with Crippen LogP contribution in [0.2, 0.25) is 0 Å². The second-order valence-electron chi connectivity index (χ2n) is 6.96. The number of nitrogens with one attached hydrogen (secondary N) is 2. The summed E-state index contributed by atoms with van der Waals surface area (Å²) in [4.78, 5) is 21.9. The van der Waals surface area contributed by atoms with Gasteiger partial charge in [-0.05, 0) is 43.7 Å². The minimum atomic E-state index is -4.13. The van der Waals surface area contributed by atoms with Crippen LogP contribution in [0.25, 0.3) is 10.9 Å². The fourth-order valence-corrected chi connectivity index (χ4v) is 4.14. The summed E-state index contributed by atoms with van der Waals surface area (Å²) in [7, 11) is -4.13. The van der Waals surface area contributed by atoms with E-state index < -0.39 is 38.0 Å². The molecule has 10 heteroatoms. The molecular formula is C24H28F2N4O3S. The molecule has 0 saturated heterocycles. The lowest BCUT2D eigenvalue weighted by atomic mass is 10.2. The van der Waals surface area contributed by atoms with Crippen molar-refractivity contribution in [3.8, 4) is 0 Å². The summed E-state index contributed by atoms with van der Waals surface area (Å²) in [6.07, 6.45) is 4.35. The Morgan fingerprint density at radius 2 is 1.82 bits per heavy atom. The van der Waals surface area contributed by atoms with Gasteiger partial charge < -0.3 is 10.3 Å². The molecule has 0 atom stereocenters. The molecule has 2 N–H and O–H groups in total. The van der Waals surface area contributed by atoms with Crippen molar-refractivity contribution < 1.29 is 23.4 Å². The highest BCUT2D eigenvalue weighted by atomic mass is 32.2. The number of pyridine rings is 2. The molecule has 0 aliphatic carbocycles. The second-order valence-corrected chi connectivity index (χ2v) is 8.92. The van der Waals surface area contributed by atoms with Gasteiger partial charge in [0.25, 0.3) is 0 Å². The Morgan fingerprint density at radius 3 is 2.41 bits per heavy atom. The van der Waals surface area contributed by atoms with Crippen LogP contribution >= 0.6 is 0 Å². The number of anilines is 1. The number of aromatic amines is 1. The first-order valence-electron chi connectivity index (χ1n) is 10.4. The summed E-state index contributed by atoms with van der Waals surface area (Å²) in [6, 6.07) is 10.4. The van der Waals surface area contributed by atoms with Crippen molar-refractivity contribution >= 4 is 32.5 Å². The molecule has 34 heavy (non-hydrogen) atoms. The van der Waals surface area contributed by atoms with Gasteiger partial charge in [-0.25, -0.2) is 22.2 Å². The number of amides is 1. The van der Waals surface area contributed by atoms with E-state index in [0.29, 0.717) is 6.07 Å². The maximum absolute atomic E-state index is 13.9. The van der Waals surface area contributed by atoms with Gasteiger partial charge in [0.15, 0.2) is 9.84 Å².